The van der Waals surface area contributed by atoms with Gasteiger partial charge in [0.05, 0.1) is 12.2 Å². The summed E-state index contributed by atoms with van der Waals surface area (Å²) in [6, 6.07) is 0. The van der Waals surface area contributed by atoms with Crippen molar-refractivity contribution >= 4 is 0 Å². The molecule has 0 spiro atoms. The molecule has 0 amide bonds. The van der Waals surface area contributed by atoms with Crippen LogP contribution < -0.4 is 0 Å². The van der Waals surface area contributed by atoms with Crippen LogP contribution in [0, 0.1) is 0 Å². The zero-order valence-electron chi connectivity index (χ0n) is 8.12. The van der Waals surface area contributed by atoms with Crippen LogP contribution in [-0.2, 0) is 9.47 Å². The molecule has 2 heteroatoms. The van der Waals surface area contributed by atoms with E-state index in [0.29, 0.717) is 12.2 Å². The van der Waals surface area contributed by atoms with Crippen molar-refractivity contribution < 1.29 is 9.47 Å². The fourth-order valence-corrected chi connectivity index (χ4v) is 1.34. The molecule has 2 unspecified atom stereocenters. The monoisotopic (exact) mass is 170 g/mol. The van der Waals surface area contributed by atoms with Crippen LogP contribution >= 0.6 is 0 Å². The number of hydrogen-bond donors (Lipinski definition) is 0. The quantitative estimate of drug-likeness (QED) is 0.563. The first-order valence-corrected chi connectivity index (χ1v) is 4.66. The number of ether oxygens (including phenoxy) is 2. The van der Waals surface area contributed by atoms with Gasteiger partial charge in [-0.05, 0) is 39.7 Å². The Hall–Kier alpha value is -0.340. The van der Waals surface area contributed by atoms with E-state index >= 15 is 0 Å². The Kier molecular flexibility index (Phi) is 3.76. The van der Waals surface area contributed by atoms with Crippen molar-refractivity contribution in [3.63, 3.8) is 0 Å². The summed E-state index contributed by atoms with van der Waals surface area (Å²) in [5.74, 6) is 0. The van der Waals surface area contributed by atoms with Gasteiger partial charge in [0, 0.05) is 0 Å². The Morgan fingerprint density at radius 2 is 1.58 bits per heavy atom. The van der Waals surface area contributed by atoms with Crippen LogP contribution in [0.25, 0.3) is 0 Å². The van der Waals surface area contributed by atoms with E-state index in [4.69, 9.17) is 9.47 Å². The van der Waals surface area contributed by atoms with Crippen LogP contribution in [0.1, 0.15) is 33.6 Å². The lowest BCUT2D eigenvalue weighted by Gasteiger charge is -2.16. The molecule has 0 radical (unpaired) electrons. The minimum atomic E-state index is -0.137. The minimum Gasteiger partial charge on any atom is -0.346 e. The SMILES string of the molecule is C/C=C/C1OC(C)CC[C@H](C)O1. The van der Waals surface area contributed by atoms with Crippen LogP contribution in [-0.4, -0.2) is 18.5 Å². The molecule has 1 aliphatic heterocycles. The van der Waals surface area contributed by atoms with Gasteiger partial charge in [0.2, 0.25) is 0 Å². The van der Waals surface area contributed by atoms with Gasteiger partial charge in [0.15, 0.2) is 6.29 Å². The lowest BCUT2D eigenvalue weighted by atomic mass is 10.1. The molecule has 70 valence electrons. The van der Waals surface area contributed by atoms with Gasteiger partial charge in [-0.15, -0.1) is 0 Å². The first-order chi connectivity index (χ1) is 5.72. The number of allylic oxidation sites excluding steroid dienone is 1. The number of rotatable bonds is 1. The highest BCUT2D eigenvalue weighted by Gasteiger charge is 2.19. The van der Waals surface area contributed by atoms with E-state index in [-0.39, 0.29) is 6.29 Å². The van der Waals surface area contributed by atoms with Crippen molar-refractivity contribution in [1.82, 2.24) is 0 Å². The van der Waals surface area contributed by atoms with E-state index in [0.717, 1.165) is 12.8 Å². The fraction of sp³-hybridized carbons (Fsp3) is 0.800. The lowest BCUT2D eigenvalue weighted by molar-refractivity contribution is -0.138. The smallest absolute Gasteiger partial charge is 0.177 e. The van der Waals surface area contributed by atoms with Gasteiger partial charge in [-0.2, -0.15) is 0 Å². The largest absolute Gasteiger partial charge is 0.346 e. The molecule has 1 heterocycles. The molecule has 0 aromatic rings. The summed E-state index contributed by atoms with van der Waals surface area (Å²) in [6.45, 7) is 6.17. The van der Waals surface area contributed by atoms with Crippen LogP contribution in [0.15, 0.2) is 12.2 Å². The van der Waals surface area contributed by atoms with E-state index in [1.54, 1.807) is 0 Å². The Bertz CT molecular complexity index is 142. The highest BCUT2D eigenvalue weighted by Crippen LogP contribution is 2.17. The first-order valence-electron chi connectivity index (χ1n) is 4.66. The lowest BCUT2D eigenvalue weighted by Crippen LogP contribution is -2.19. The van der Waals surface area contributed by atoms with E-state index in [1.165, 1.54) is 0 Å². The first kappa shape index (κ1) is 9.75. The summed E-state index contributed by atoms with van der Waals surface area (Å²) in [4.78, 5) is 0. The molecule has 0 aromatic carbocycles. The van der Waals surface area contributed by atoms with E-state index in [9.17, 15) is 0 Å². The zero-order valence-corrected chi connectivity index (χ0v) is 8.12. The minimum absolute atomic E-state index is 0.137. The van der Waals surface area contributed by atoms with E-state index in [2.05, 4.69) is 13.8 Å². The molecule has 1 aliphatic rings. The highest BCUT2D eigenvalue weighted by molar-refractivity contribution is 4.83. The van der Waals surface area contributed by atoms with E-state index in [1.807, 2.05) is 19.1 Å². The van der Waals surface area contributed by atoms with Gasteiger partial charge in [-0.3, -0.25) is 0 Å². The standard InChI is InChI=1S/C10H18O2/c1-4-5-10-11-8(2)6-7-9(3)12-10/h4-5,8-10H,6-7H2,1-3H3/b5-4+/t8-,9?,10?/m0/s1. The second kappa shape index (κ2) is 4.63. The second-order valence-corrected chi connectivity index (χ2v) is 3.36. The Labute approximate surface area is 74.6 Å². The van der Waals surface area contributed by atoms with Crippen LogP contribution in [0.2, 0.25) is 0 Å². The maximum atomic E-state index is 5.61. The average molecular weight is 170 g/mol. The van der Waals surface area contributed by atoms with Crippen LogP contribution in [0.5, 0.6) is 0 Å². The number of hydrogen-bond acceptors (Lipinski definition) is 2. The second-order valence-electron chi connectivity index (χ2n) is 3.36. The molecule has 1 rings (SSSR count). The van der Waals surface area contributed by atoms with Crippen molar-refractivity contribution in [2.45, 2.75) is 52.1 Å². The molecule has 0 saturated carbocycles. The van der Waals surface area contributed by atoms with Crippen molar-refractivity contribution in [2.24, 2.45) is 0 Å². The van der Waals surface area contributed by atoms with Crippen molar-refractivity contribution in [3.8, 4) is 0 Å². The summed E-state index contributed by atoms with van der Waals surface area (Å²) >= 11 is 0. The molecular formula is C10H18O2. The van der Waals surface area contributed by atoms with Gasteiger partial charge in [-0.1, -0.05) is 6.08 Å². The van der Waals surface area contributed by atoms with Crippen LogP contribution in [0.4, 0.5) is 0 Å². The van der Waals surface area contributed by atoms with Crippen molar-refractivity contribution in [3.05, 3.63) is 12.2 Å². The van der Waals surface area contributed by atoms with Crippen molar-refractivity contribution in [1.29, 1.82) is 0 Å². The normalized spacial score (nSPS) is 38.4. The van der Waals surface area contributed by atoms with Gasteiger partial charge < -0.3 is 9.47 Å². The summed E-state index contributed by atoms with van der Waals surface area (Å²) in [5, 5.41) is 0. The maximum absolute atomic E-state index is 5.61. The van der Waals surface area contributed by atoms with Gasteiger partial charge in [0.25, 0.3) is 0 Å². The Morgan fingerprint density at radius 1 is 1.08 bits per heavy atom. The van der Waals surface area contributed by atoms with E-state index < -0.39 is 0 Å². The predicted molar refractivity (Wildman–Crippen MR) is 48.9 cm³/mol. The van der Waals surface area contributed by atoms with Gasteiger partial charge in [-0.25, -0.2) is 0 Å². The van der Waals surface area contributed by atoms with Crippen molar-refractivity contribution in [2.75, 3.05) is 0 Å². The summed E-state index contributed by atoms with van der Waals surface area (Å²) < 4.78 is 11.2. The maximum Gasteiger partial charge on any atom is 0.177 e. The molecule has 0 aromatic heterocycles. The summed E-state index contributed by atoms with van der Waals surface area (Å²) in [7, 11) is 0. The summed E-state index contributed by atoms with van der Waals surface area (Å²) in [6.07, 6.45) is 6.60. The molecular weight excluding hydrogens is 152 g/mol. The third kappa shape index (κ3) is 2.95. The Balaban J connectivity index is 2.49. The average Bonchev–Trinajstić information content (AvgIpc) is 2.14. The molecule has 12 heavy (non-hydrogen) atoms. The van der Waals surface area contributed by atoms with Gasteiger partial charge >= 0.3 is 0 Å². The topological polar surface area (TPSA) is 18.5 Å². The molecule has 2 nitrogen and oxygen atoms in total. The van der Waals surface area contributed by atoms with Gasteiger partial charge in [0.1, 0.15) is 0 Å². The third-order valence-corrected chi connectivity index (χ3v) is 2.06. The molecule has 1 fully saturated rings. The molecule has 1 saturated heterocycles. The molecule has 0 N–H and O–H groups in total. The summed E-state index contributed by atoms with van der Waals surface area (Å²) in [5.41, 5.74) is 0. The third-order valence-electron chi connectivity index (χ3n) is 2.06. The highest BCUT2D eigenvalue weighted by atomic mass is 16.7. The molecule has 3 atom stereocenters. The molecule has 0 bridgehead atoms. The zero-order chi connectivity index (χ0) is 8.97. The Morgan fingerprint density at radius 3 is 2.00 bits per heavy atom. The molecule has 0 aliphatic carbocycles. The van der Waals surface area contributed by atoms with Crippen LogP contribution in [0.3, 0.4) is 0 Å². The predicted octanol–water partition coefficient (Wildman–Crippen LogP) is 2.49. The fourth-order valence-electron chi connectivity index (χ4n) is 1.34.